The van der Waals surface area contributed by atoms with Gasteiger partial charge in [-0.2, -0.15) is 5.26 Å². The van der Waals surface area contributed by atoms with Crippen LogP contribution < -0.4 is 10.6 Å². The highest BCUT2D eigenvalue weighted by Gasteiger charge is 2.42. The van der Waals surface area contributed by atoms with Crippen molar-refractivity contribution in [1.29, 1.82) is 5.26 Å². The second-order valence-corrected chi connectivity index (χ2v) is 5.21. The molecule has 0 aliphatic heterocycles. The fourth-order valence-electron chi connectivity index (χ4n) is 2.51. The zero-order valence-electron chi connectivity index (χ0n) is 11.6. The zero-order chi connectivity index (χ0) is 15.3. The quantitative estimate of drug-likeness (QED) is 0.785. The minimum Gasteiger partial charge on any atom is -0.480 e. The van der Waals surface area contributed by atoms with Crippen LogP contribution in [0, 0.1) is 11.3 Å². The van der Waals surface area contributed by atoms with Crippen LogP contribution in [0.5, 0.6) is 0 Å². The Bertz CT molecular complexity index is 569. The fourth-order valence-corrected chi connectivity index (χ4v) is 2.51. The van der Waals surface area contributed by atoms with Crippen LogP contribution in [0.3, 0.4) is 0 Å². The molecule has 1 saturated carbocycles. The number of nitrogens with one attached hydrogen (secondary N) is 2. The molecule has 6 heteroatoms. The third-order valence-corrected chi connectivity index (χ3v) is 3.76. The molecule has 1 aliphatic rings. The number of amides is 2. The Labute approximate surface area is 122 Å². The summed E-state index contributed by atoms with van der Waals surface area (Å²) in [5.74, 6) is -0.978. The van der Waals surface area contributed by atoms with Gasteiger partial charge in [0, 0.05) is 6.54 Å². The molecule has 0 atom stereocenters. The lowest BCUT2D eigenvalue weighted by molar-refractivity contribution is -0.144. The van der Waals surface area contributed by atoms with Gasteiger partial charge in [-0.1, -0.05) is 25.0 Å². The van der Waals surface area contributed by atoms with Gasteiger partial charge in [-0.15, -0.1) is 0 Å². The van der Waals surface area contributed by atoms with Gasteiger partial charge in [0.25, 0.3) is 0 Å². The average Bonchev–Trinajstić information content (AvgIpc) is 2.95. The van der Waals surface area contributed by atoms with Gasteiger partial charge in [-0.3, -0.25) is 0 Å². The predicted octanol–water partition coefficient (Wildman–Crippen LogP) is 1.75. The topological polar surface area (TPSA) is 102 Å². The van der Waals surface area contributed by atoms with Crippen molar-refractivity contribution in [3.05, 3.63) is 35.4 Å². The maximum absolute atomic E-state index is 11.9. The average molecular weight is 287 g/mol. The summed E-state index contributed by atoms with van der Waals surface area (Å²) in [7, 11) is 0. The number of urea groups is 1. The van der Waals surface area contributed by atoms with Crippen molar-refractivity contribution in [2.45, 2.75) is 37.8 Å². The molecule has 1 fully saturated rings. The summed E-state index contributed by atoms with van der Waals surface area (Å²) >= 11 is 0. The largest absolute Gasteiger partial charge is 0.480 e. The van der Waals surface area contributed by atoms with Gasteiger partial charge in [0.2, 0.25) is 0 Å². The number of carboxylic acids is 1. The van der Waals surface area contributed by atoms with Crippen molar-refractivity contribution in [2.24, 2.45) is 0 Å². The molecule has 2 rings (SSSR count). The summed E-state index contributed by atoms with van der Waals surface area (Å²) in [5, 5.41) is 23.2. The van der Waals surface area contributed by atoms with Gasteiger partial charge in [-0.05, 0) is 30.5 Å². The van der Waals surface area contributed by atoms with E-state index < -0.39 is 17.5 Å². The molecule has 0 aromatic heterocycles. The summed E-state index contributed by atoms with van der Waals surface area (Å²) in [6.45, 7) is 0.285. The first-order valence-electron chi connectivity index (χ1n) is 6.84. The standard InChI is InChI=1S/C15H17N3O3/c16-9-11-3-5-12(6-4-11)10-17-14(21)18-15(13(19)20)7-1-2-8-15/h3-6H,1-2,7-8,10H2,(H,19,20)(H2,17,18,21). The lowest BCUT2D eigenvalue weighted by Gasteiger charge is -2.25. The van der Waals surface area contributed by atoms with E-state index in [0.29, 0.717) is 18.4 Å². The number of hydrogen-bond donors (Lipinski definition) is 3. The number of rotatable bonds is 4. The Morgan fingerprint density at radius 2 is 1.86 bits per heavy atom. The maximum Gasteiger partial charge on any atom is 0.329 e. The highest BCUT2D eigenvalue weighted by molar-refractivity contribution is 5.86. The van der Waals surface area contributed by atoms with E-state index in [9.17, 15) is 14.7 Å². The van der Waals surface area contributed by atoms with Crippen LogP contribution in [-0.4, -0.2) is 22.6 Å². The number of nitrogens with zero attached hydrogens (tertiary/aromatic N) is 1. The van der Waals surface area contributed by atoms with Gasteiger partial charge in [0.15, 0.2) is 0 Å². The Morgan fingerprint density at radius 1 is 1.24 bits per heavy atom. The van der Waals surface area contributed by atoms with E-state index >= 15 is 0 Å². The lowest BCUT2D eigenvalue weighted by Crippen LogP contribution is -2.55. The van der Waals surface area contributed by atoms with Crippen LogP contribution in [0.1, 0.15) is 36.8 Å². The molecule has 21 heavy (non-hydrogen) atoms. The molecule has 0 spiro atoms. The number of carbonyl (C=O) groups excluding carboxylic acids is 1. The van der Waals surface area contributed by atoms with Crippen LogP contribution in [0.4, 0.5) is 4.79 Å². The van der Waals surface area contributed by atoms with Crippen molar-refractivity contribution in [2.75, 3.05) is 0 Å². The molecule has 0 saturated heterocycles. The van der Waals surface area contributed by atoms with Crippen molar-refractivity contribution in [3.63, 3.8) is 0 Å². The number of aliphatic carboxylic acids is 1. The second-order valence-electron chi connectivity index (χ2n) is 5.21. The second kappa shape index (κ2) is 6.27. The van der Waals surface area contributed by atoms with E-state index in [0.717, 1.165) is 18.4 Å². The molecule has 0 unspecified atom stereocenters. The SMILES string of the molecule is N#Cc1ccc(CNC(=O)NC2(C(=O)O)CCCC2)cc1. The minimum atomic E-state index is -1.13. The molecule has 1 aromatic rings. The van der Waals surface area contributed by atoms with E-state index in [1.54, 1.807) is 24.3 Å². The molecule has 6 nitrogen and oxygen atoms in total. The van der Waals surface area contributed by atoms with Crippen molar-refractivity contribution < 1.29 is 14.7 Å². The molecule has 3 N–H and O–H groups in total. The summed E-state index contributed by atoms with van der Waals surface area (Å²) < 4.78 is 0. The van der Waals surface area contributed by atoms with E-state index in [4.69, 9.17) is 5.26 Å². The highest BCUT2D eigenvalue weighted by Crippen LogP contribution is 2.29. The molecular formula is C15H17N3O3. The smallest absolute Gasteiger partial charge is 0.329 e. The predicted molar refractivity (Wildman–Crippen MR) is 75.4 cm³/mol. The van der Waals surface area contributed by atoms with E-state index in [1.807, 2.05) is 6.07 Å². The first-order chi connectivity index (χ1) is 10.1. The molecule has 0 radical (unpaired) electrons. The Kier molecular flexibility index (Phi) is 4.43. The molecule has 110 valence electrons. The fraction of sp³-hybridized carbons (Fsp3) is 0.400. The normalized spacial score (nSPS) is 16.0. The van der Waals surface area contributed by atoms with E-state index in [2.05, 4.69) is 10.6 Å². The van der Waals surface area contributed by atoms with Gasteiger partial charge in [0.1, 0.15) is 5.54 Å². The number of nitriles is 1. The Balaban J connectivity index is 1.89. The number of carbonyl (C=O) groups is 2. The third-order valence-electron chi connectivity index (χ3n) is 3.76. The number of carboxylic acid groups (broad SMARTS) is 1. The van der Waals surface area contributed by atoms with Crippen LogP contribution in [0.25, 0.3) is 0 Å². The summed E-state index contributed by atoms with van der Waals surface area (Å²) in [6, 6.07) is 8.38. The van der Waals surface area contributed by atoms with Crippen molar-refractivity contribution >= 4 is 12.0 Å². The first kappa shape index (κ1) is 14.9. The van der Waals surface area contributed by atoms with Crippen molar-refractivity contribution in [1.82, 2.24) is 10.6 Å². The van der Waals surface area contributed by atoms with Crippen LogP contribution in [0.15, 0.2) is 24.3 Å². The summed E-state index contributed by atoms with van der Waals surface area (Å²) in [6.07, 6.45) is 2.55. The zero-order valence-corrected chi connectivity index (χ0v) is 11.6. The monoisotopic (exact) mass is 287 g/mol. The molecule has 0 heterocycles. The first-order valence-corrected chi connectivity index (χ1v) is 6.84. The van der Waals surface area contributed by atoms with E-state index in [-0.39, 0.29) is 6.54 Å². The van der Waals surface area contributed by atoms with Crippen LogP contribution in [-0.2, 0) is 11.3 Å². The highest BCUT2D eigenvalue weighted by atomic mass is 16.4. The molecule has 0 bridgehead atoms. The Hall–Kier alpha value is -2.55. The summed E-state index contributed by atoms with van der Waals surface area (Å²) in [4.78, 5) is 23.2. The maximum atomic E-state index is 11.9. The minimum absolute atomic E-state index is 0.285. The molecule has 1 aliphatic carbocycles. The van der Waals surface area contributed by atoms with Gasteiger partial charge in [-0.25, -0.2) is 9.59 Å². The van der Waals surface area contributed by atoms with Crippen LogP contribution >= 0.6 is 0 Å². The van der Waals surface area contributed by atoms with E-state index in [1.165, 1.54) is 0 Å². The van der Waals surface area contributed by atoms with Crippen molar-refractivity contribution in [3.8, 4) is 6.07 Å². The number of benzene rings is 1. The third kappa shape index (κ3) is 3.51. The van der Waals surface area contributed by atoms with Gasteiger partial charge in [0.05, 0.1) is 11.6 Å². The van der Waals surface area contributed by atoms with Gasteiger partial charge >= 0.3 is 12.0 Å². The molecule has 2 amide bonds. The number of hydrogen-bond acceptors (Lipinski definition) is 3. The van der Waals surface area contributed by atoms with Gasteiger partial charge < -0.3 is 15.7 Å². The molecular weight excluding hydrogens is 270 g/mol. The van der Waals surface area contributed by atoms with Crippen LogP contribution in [0.2, 0.25) is 0 Å². The lowest BCUT2D eigenvalue weighted by atomic mass is 9.98. The summed E-state index contributed by atoms with van der Waals surface area (Å²) in [5.41, 5.74) is 0.272. The Morgan fingerprint density at radius 3 is 2.38 bits per heavy atom. The molecule has 1 aromatic carbocycles.